The zero-order valence-electron chi connectivity index (χ0n) is 11.4. The lowest BCUT2D eigenvalue weighted by atomic mass is 10.2. The Morgan fingerprint density at radius 1 is 1.50 bits per heavy atom. The Balaban J connectivity index is 2.05. The number of hydrogen-bond acceptors (Lipinski definition) is 4. The van der Waals surface area contributed by atoms with Crippen LogP contribution in [-0.4, -0.2) is 31.4 Å². The molecule has 0 amide bonds. The van der Waals surface area contributed by atoms with E-state index in [1.54, 1.807) is 0 Å². The van der Waals surface area contributed by atoms with Crippen LogP contribution in [0.2, 0.25) is 0 Å². The maximum atomic E-state index is 10.8. The molecule has 0 aromatic carbocycles. The first-order valence-corrected chi connectivity index (χ1v) is 7.83. The lowest BCUT2D eigenvalue weighted by Crippen LogP contribution is -2.08. The van der Waals surface area contributed by atoms with Crippen LogP contribution in [0.3, 0.4) is 0 Å². The van der Waals surface area contributed by atoms with Crippen molar-refractivity contribution in [1.29, 1.82) is 0 Å². The molecule has 6 heteroatoms. The number of aliphatic carboxylic acids is 1. The largest absolute Gasteiger partial charge is 0.481 e. The standard InChI is InChI=1S/C14H17N3O2S/c1-9-6-11-13(15-7-9)17(10-4-2-3-5-10)14(16-11)20-8-12(18)19/h6-7,10H,2-5,8H2,1H3,(H,18,19). The average molecular weight is 291 g/mol. The molecule has 2 aromatic rings. The van der Waals surface area contributed by atoms with Gasteiger partial charge in [0, 0.05) is 12.2 Å². The van der Waals surface area contributed by atoms with Crippen molar-refractivity contribution in [3.63, 3.8) is 0 Å². The number of carboxylic acids is 1. The molecule has 0 unspecified atom stereocenters. The van der Waals surface area contributed by atoms with E-state index in [4.69, 9.17) is 5.11 Å². The molecule has 5 nitrogen and oxygen atoms in total. The van der Waals surface area contributed by atoms with Crippen molar-refractivity contribution in [2.45, 2.75) is 43.8 Å². The van der Waals surface area contributed by atoms with Crippen molar-refractivity contribution in [3.05, 3.63) is 17.8 Å². The van der Waals surface area contributed by atoms with E-state index in [0.29, 0.717) is 6.04 Å². The molecular formula is C14H17N3O2S. The van der Waals surface area contributed by atoms with Gasteiger partial charge in [0.25, 0.3) is 0 Å². The average Bonchev–Trinajstić information content (AvgIpc) is 3.01. The highest BCUT2D eigenvalue weighted by Gasteiger charge is 2.24. The molecule has 2 aromatic heterocycles. The van der Waals surface area contributed by atoms with Crippen LogP contribution in [0.25, 0.3) is 11.2 Å². The highest BCUT2D eigenvalue weighted by molar-refractivity contribution is 7.99. The van der Waals surface area contributed by atoms with Gasteiger partial charge < -0.3 is 9.67 Å². The van der Waals surface area contributed by atoms with Gasteiger partial charge in [0.2, 0.25) is 0 Å². The van der Waals surface area contributed by atoms with Crippen molar-refractivity contribution in [3.8, 4) is 0 Å². The van der Waals surface area contributed by atoms with E-state index in [9.17, 15) is 4.79 Å². The molecule has 0 spiro atoms. The summed E-state index contributed by atoms with van der Waals surface area (Å²) in [6, 6.07) is 2.42. The molecule has 0 atom stereocenters. The van der Waals surface area contributed by atoms with Gasteiger partial charge in [-0.2, -0.15) is 0 Å². The minimum Gasteiger partial charge on any atom is -0.481 e. The number of fused-ring (bicyclic) bond motifs is 1. The number of carbonyl (C=O) groups is 1. The number of rotatable bonds is 4. The summed E-state index contributed by atoms with van der Waals surface area (Å²) in [7, 11) is 0. The van der Waals surface area contributed by atoms with Crippen molar-refractivity contribution >= 4 is 28.9 Å². The molecule has 0 saturated heterocycles. The van der Waals surface area contributed by atoms with Crippen LogP contribution < -0.4 is 0 Å². The van der Waals surface area contributed by atoms with Gasteiger partial charge in [0.15, 0.2) is 10.8 Å². The Labute approximate surface area is 121 Å². The molecular weight excluding hydrogens is 274 g/mol. The number of imidazole rings is 1. The first-order valence-electron chi connectivity index (χ1n) is 6.84. The van der Waals surface area contributed by atoms with E-state index in [-0.39, 0.29) is 5.75 Å². The number of hydrogen-bond donors (Lipinski definition) is 1. The lowest BCUT2D eigenvalue weighted by Gasteiger charge is -2.14. The second-order valence-electron chi connectivity index (χ2n) is 5.24. The molecule has 0 bridgehead atoms. The second-order valence-corrected chi connectivity index (χ2v) is 6.18. The van der Waals surface area contributed by atoms with Crippen molar-refractivity contribution < 1.29 is 9.90 Å². The SMILES string of the molecule is Cc1cnc2c(c1)nc(SCC(=O)O)n2C1CCCC1. The van der Waals surface area contributed by atoms with Gasteiger partial charge in [-0.1, -0.05) is 24.6 Å². The Morgan fingerprint density at radius 2 is 2.25 bits per heavy atom. The Hall–Kier alpha value is -1.56. The summed E-state index contributed by atoms with van der Waals surface area (Å²) in [6.45, 7) is 1.99. The van der Waals surface area contributed by atoms with Crippen LogP contribution in [-0.2, 0) is 4.79 Å². The van der Waals surface area contributed by atoms with Gasteiger partial charge in [0.1, 0.15) is 5.52 Å². The Morgan fingerprint density at radius 3 is 2.95 bits per heavy atom. The zero-order chi connectivity index (χ0) is 14.1. The lowest BCUT2D eigenvalue weighted by molar-refractivity contribution is -0.133. The highest BCUT2D eigenvalue weighted by atomic mass is 32.2. The van der Waals surface area contributed by atoms with Crippen LogP contribution in [0.15, 0.2) is 17.4 Å². The Bertz CT molecular complexity index is 647. The van der Waals surface area contributed by atoms with Crippen LogP contribution in [0.5, 0.6) is 0 Å². The van der Waals surface area contributed by atoms with Gasteiger partial charge in [-0.3, -0.25) is 4.79 Å². The minimum atomic E-state index is -0.816. The molecule has 3 rings (SSSR count). The van der Waals surface area contributed by atoms with E-state index >= 15 is 0 Å². The van der Waals surface area contributed by atoms with E-state index < -0.39 is 5.97 Å². The van der Waals surface area contributed by atoms with Crippen molar-refractivity contribution in [2.24, 2.45) is 0 Å². The monoisotopic (exact) mass is 291 g/mol. The summed E-state index contributed by atoms with van der Waals surface area (Å²) in [5, 5.41) is 9.66. The van der Waals surface area contributed by atoms with E-state index in [2.05, 4.69) is 14.5 Å². The van der Waals surface area contributed by atoms with Gasteiger partial charge in [-0.25, -0.2) is 9.97 Å². The van der Waals surface area contributed by atoms with E-state index in [1.165, 1.54) is 24.6 Å². The second kappa shape index (κ2) is 5.44. The summed E-state index contributed by atoms with van der Waals surface area (Å²) in [5.74, 6) is -0.779. The van der Waals surface area contributed by atoms with Gasteiger partial charge in [0.05, 0.1) is 5.75 Å². The summed E-state index contributed by atoms with van der Waals surface area (Å²) in [5.41, 5.74) is 2.82. The van der Waals surface area contributed by atoms with Gasteiger partial charge in [-0.15, -0.1) is 0 Å². The molecule has 1 saturated carbocycles. The summed E-state index contributed by atoms with van der Waals surface area (Å²) < 4.78 is 2.15. The first-order chi connectivity index (χ1) is 9.65. The third-order valence-electron chi connectivity index (χ3n) is 3.65. The third kappa shape index (κ3) is 2.52. The van der Waals surface area contributed by atoms with E-state index in [1.807, 2.05) is 19.2 Å². The number of aryl methyl sites for hydroxylation is 1. The molecule has 1 aliphatic rings. The number of pyridine rings is 1. The first kappa shape index (κ1) is 13.4. The highest BCUT2D eigenvalue weighted by Crippen LogP contribution is 2.36. The fraction of sp³-hybridized carbons (Fsp3) is 0.500. The summed E-state index contributed by atoms with van der Waals surface area (Å²) in [6.07, 6.45) is 6.54. The smallest absolute Gasteiger partial charge is 0.313 e. The zero-order valence-corrected chi connectivity index (χ0v) is 12.2. The molecule has 0 aliphatic heterocycles. The number of aromatic nitrogens is 3. The van der Waals surface area contributed by atoms with Gasteiger partial charge >= 0.3 is 5.97 Å². The maximum Gasteiger partial charge on any atom is 0.313 e. The molecule has 20 heavy (non-hydrogen) atoms. The fourth-order valence-corrected chi connectivity index (χ4v) is 3.57. The number of carboxylic acid groups (broad SMARTS) is 1. The third-order valence-corrected chi connectivity index (χ3v) is 4.59. The molecule has 1 N–H and O–H groups in total. The van der Waals surface area contributed by atoms with Crippen LogP contribution in [0.1, 0.15) is 37.3 Å². The molecule has 0 radical (unpaired) electrons. The predicted molar refractivity (Wildman–Crippen MR) is 78.1 cm³/mol. The van der Waals surface area contributed by atoms with Crippen molar-refractivity contribution in [1.82, 2.24) is 14.5 Å². The summed E-state index contributed by atoms with van der Waals surface area (Å²) >= 11 is 1.29. The number of nitrogens with zero attached hydrogens (tertiary/aromatic N) is 3. The molecule has 1 aliphatic carbocycles. The molecule has 1 fully saturated rings. The minimum absolute atomic E-state index is 0.0367. The predicted octanol–water partition coefficient (Wildman–Crippen LogP) is 3.03. The topological polar surface area (TPSA) is 68.0 Å². The van der Waals surface area contributed by atoms with Gasteiger partial charge in [-0.05, 0) is 31.4 Å². The van der Waals surface area contributed by atoms with Crippen LogP contribution >= 0.6 is 11.8 Å². The molecule has 106 valence electrons. The van der Waals surface area contributed by atoms with Crippen molar-refractivity contribution in [2.75, 3.05) is 5.75 Å². The maximum absolute atomic E-state index is 10.8. The fourth-order valence-electron chi connectivity index (χ4n) is 2.78. The summed E-state index contributed by atoms with van der Waals surface area (Å²) in [4.78, 5) is 19.9. The molecule has 2 heterocycles. The van der Waals surface area contributed by atoms with Crippen LogP contribution in [0.4, 0.5) is 0 Å². The number of thioether (sulfide) groups is 1. The quantitative estimate of drug-likeness (QED) is 0.877. The Kier molecular flexibility index (Phi) is 3.65. The normalized spacial score (nSPS) is 16.1. The van der Waals surface area contributed by atoms with Crippen LogP contribution in [0, 0.1) is 6.92 Å². The van der Waals surface area contributed by atoms with E-state index in [0.717, 1.165) is 34.7 Å².